The van der Waals surface area contributed by atoms with Crippen molar-refractivity contribution in [1.82, 2.24) is 0 Å². The van der Waals surface area contributed by atoms with Gasteiger partial charge in [-0.3, -0.25) is 4.79 Å². The molecule has 0 radical (unpaired) electrons. The van der Waals surface area contributed by atoms with Gasteiger partial charge in [0.1, 0.15) is 5.75 Å². The van der Waals surface area contributed by atoms with Crippen molar-refractivity contribution in [2.45, 2.75) is 6.42 Å². The zero-order chi connectivity index (χ0) is 10.1. The van der Waals surface area contributed by atoms with Gasteiger partial charge in [-0.05, 0) is 18.2 Å². The highest BCUT2D eigenvalue weighted by Gasteiger charge is 2.20. The van der Waals surface area contributed by atoms with Gasteiger partial charge >= 0.3 is 0 Å². The van der Waals surface area contributed by atoms with E-state index in [-0.39, 0.29) is 5.78 Å². The third-order valence-corrected chi connectivity index (χ3v) is 2.59. The normalized spacial score (nSPS) is 15.3. The minimum atomic E-state index is 0.206. The molecule has 0 unspecified atom stereocenters. The summed E-state index contributed by atoms with van der Waals surface area (Å²) in [4.78, 5) is 13.7. The number of carbonyl (C=O) groups is 1. The molecule has 0 atom stereocenters. The number of fused-ring (bicyclic) bond motifs is 1. The van der Waals surface area contributed by atoms with Crippen molar-refractivity contribution >= 4 is 11.5 Å². The van der Waals surface area contributed by atoms with E-state index in [1.54, 1.807) is 7.11 Å². The van der Waals surface area contributed by atoms with Crippen LogP contribution in [0.2, 0.25) is 0 Å². The predicted molar refractivity (Wildman–Crippen MR) is 55.2 cm³/mol. The largest absolute Gasteiger partial charge is 0.497 e. The molecule has 3 nitrogen and oxygen atoms in total. The van der Waals surface area contributed by atoms with Crippen LogP contribution < -0.4 is 9.64 Å². The lowest BCUT2D eigenvalue weighted by molar-refractivity contribution is 0.0980. The summed E-state index contributed by atoms with van der Waals surface area (Å²) in [5.41, 5.74) is 1.78. The number of methoxy groups -OCH3 is 1. The first kappa shape index (κ1) is 9.06. The molecule has 14 heavy (non-hydrogen) atoms. The smallest absolute Gasteiger partial charge is 0.166 e. The first-order valence-corrected chi connectivity index (χ1v) is 4.65. The molecule has 74 valence electrons. The monoisotopic (exact) mass is 191 g/mol. The van der Waals surface area contributed by atoms with E-state index in [1.165, 1.54) is 0 Å². The molecule has 0 fully saturated rings. The highest BCUT2D eigenvalue weighted by molar-refractivity contribution is 6.03. The number of ketones is 1. The summed E-state index contributed by atoms with van der Waals surface area (Å²) < 4.78 is 5.09. The number of hydrogen-bond acceptors (Lipinski definition) is 3. The number of hydrogen-bond donors (Lipinski definition) is 0. The van der Waals surface area contributed by atoms with Crippen molar-refractivity contribution in [3.63, 3.8) is 0 Å². The van der Waals surface area contributed by atoms with Gasteiger partial charge in [-0.15, -0.1) is 0 Å². The van der Waals surface area contributed by atoms with E-state index in [1.807, 2.05) is 25.2 Å². The van der Waals surface area contributed by atoms with Crippen LogP contribution in [-0.2, 0) is 0 Å². The Labute approximate surface area is 83.3 Å². The van der Waals surface area contributed by atoms with E-state index < -0.39 is 0 Å². The summed E-state index contributed by atoms with van der Waals surface area (Å²) in [7, 11) is 3.61. The summed E-state index contributed by atoms with van der Waals surface area (Å²) in [6, 6.07) is 5.63. The minimum absolute atomic E-state index is 0.206. The van der Waals surface area contributed by atoms with Crippen LogP contribution in [0.15, 0.2) is 18.2 Å². The van der Waals surface area contributed by atoms with Crippen molar-refractivity contribution in [1.29, 1.82) is 0 Å². The zero-order valence-electron chi connectivity index (χ0n) is 8.41. The molecule has 1 aliphatic rings. The Morgan fingerprint density at radius 3 is 2.93 bits per heavy atom. The molecule has 1 aromatic rings. The van der Waals surface area contributed by atoms with Crippen LogP contribution in [0.4, 0.5) is 5.69 Å². The Morgan fingerprint density at radius 2 is 2.21 bits per heavy atom. The molecule has 0 bridgehead atoms. The molecule has 0 aromatic heterocycles. The van der Waals surface area contributed by atoms with Crippen molar-refractivity contribution in [3.8, 4) is 5.75 Å². The summed E-state index contributed by atoms with van der Waals surface area (Å²) >= 11 is 0. The molecule has 1 aromatic carbocycles. The van der Waals surface area contributed by atoms with Gasteiger partial charge in [0.25, 0.3) is 0 Å². The average molecular weight is 191 g/mol. The maximum absolute atomic E-state index is 11.6. The Morgan fingerprint density at radius 1 is 1.43 bits per heavy atom. The van der Waals surface area contributed by atoms with Crippen LogP contribution in [0, 0.1) is 0 Å². The third-order valence-electron chi connectivity index (χ3n) is 2.59. The first-order valence-electron chi connectivity index (χ1n) is 4.65. The molecule has 0 aliphatic carbocycles. The molecule has 0 amide bonds. The number of benzene rings is 1. The summed E-state index contributed by atoms with van der Waals surface area (Å²) in [5.74, 6) is 0.949. The maximum atomic E-state index is 11.6. The maximum Gasteiger partial charge on any atom is 0.166 e. The lowest BCUT2D eigenvalue weighted by atomic mass is 10.0. The third kappa shape index (κ3) is 1.35. The predicted octanol–water partition coefficient (Wildman–Crippen LogP) is 1.72. The van der Waals surface area contributed by atoms with Gasteiger partial charge in [0.05, 0.1) is 7.11 Å². The SMILES string of the molecule is COc1ccc2c(c1)C(=O)CCN2C. The molecule has 0 N–H and O–H groups in total. The second kappa shape index (κ2) is 3.33. The topological polar surface area (TPSA) is 29.5 Å². The summed E-state index contributed by atoms with van der Waals surface area (Å²) in [6.45, 7) is 0.804. The highest BCUT2D eigenvalue weighted by atomic mass is 16.5. The quantitative estimate of drug-likeness (QED) is 0.677. The van der Waals surface area contributed by atoms with Gasteiger partial charge in [0.2, 0.25) is 0 Å². The molecule has 0 saturated carbocycles. The van der Waals surface area contributed by atoms with E-state index in [4.69, 9.17) is 4.74 Å². The average Bonchev–Trinajstić information content (AvgIpc) is 2.23. The summed E-state index contributed by atoms with van der Waals surface area (Å²) in [6.07, 6.45) is 0.594. The minimum Gasteiger partial charge on any atom is -0.497 e. The molecular formula is C11H13NO2. The number of nitrogens with zero attached hydrogens (tertiary/aromatic N) is 1. The Hall–Kier alpha value is -1.51. The van der Waals surface area contributed by atoms with E-state index in [2.05, 4.69) is 4.90 Å². The van der Waals surface area contributed by atoms with Gasteiger partial charge in [0, 0.05) is 31.3 Å². The highest BCUT2D eigenvalue weighted by Crippen LogP contribution is 2.29. The fourth-order valence-electron chi connectivity index (χ4n) is 1.72. The van der Waals surface area contributed by atoms with E-state index in [9.17, 15) is 4.79 Å². The van der Waals surface area contributed by atoms with Crippen molar-refractivity contribution < 1.29 is 9.53 Å². The second-order valence-electron chi connectivity index (χ2n) is 3.48. The number of carbonyl (C=O) groups excluding carboxylic acids is 1. The Kier molecular flexibility index (Phi) is 2.15. The fourth-order valence-corrected chi connectivity index (χ4v) is 1.72. The second-order valence-corrected chi connectivity index (χ2v) is 3.48. The number of rotatable bonds is 1. The van der Waals surface area contributed by atoms with Crippen molar-refractivity contribution in [2.24, 2.45) is 0 Å². The van der Waals surface area contributed by atoms with E-state index >= 15 is 0 Å². The van der Waals surface area contributed by atoms with E-state index in [0.29, 0.717) is 6.42 Å². The zero-order valence-corrected chi connectivity index (χ0v) is 8.41. The lowest BCUT2D eigenvalue weighted by Crippen LogP contribution is -2.28. The molecule has 1 heterocycles. The number of ether oxygens (including phenoxy) is 1. The molecule has 2 rings (SSSR count). The van der Waals surface area contributed by atoms with Crippen LogP contribution in [-0.4, -0.2) is 26.5 Å². The number of anilines is 1. The van der Waals surface area contributed by atoms with Crippen molar-refractivity contribution in [2.75, 3.05) is 25.6 Å². The van der Waals surface area contributed by atoms with Gasteiger partial charge in [-0.1, -0.05) is 0 Å². The van der Waals surface area contributed by atoms with Crippen LogP contribution in [0.5, 0.6) is 5.75 Å². The van der Waals surface area contributed by atoms with E-state index in [0.717, 1.165) is 23.5 Å². The Balaban J connectivity index is 2.50. The first-order chi connectivity index (χ1) is 6.72. The van der Waals surface area contributed by atoms with Crippen molar-refractivity contribution in [3.05, 3.63) is 23.8 Å². The van der Waals surface area contributed by atoms with Crippen LogP contribution in [0.3, 0.4) is 0 Å². The Bertz CT molecular complexity index is 374. The standard InChI is InChI=1S/C11H13NO2/c1-12-6-5-11(13)9-7-8(14-2)3-4-10(9)12/h3-4,7H,5-6H2,1-2H3. The van der Waals surface area contributed by atoms with Crippen LogP contribution in [0.25, 0.3) is 0 Å². The van der Waals surface area contributed by atoms with Gasteiger partial charge in [-0.25, -0.2) is 0 Å². The lowest BCUT2D eigenvalue weighted by Gasteiger charge is -2.26. The molecular weight excluding hydrogens is 178 g/mol. The molecule has 0 spiro atoms. The van der Waals surface area contributed by atoms with Crippen LogP contribution >= 0.6 is 0 Å². The van der Waals surface area contributed by atoms with Gasteiger partial charge in [-0.2, -0.15) is 0 Å². The summed E-state index contributed by atoms with van der Waals surface area (Å²) in [5, 5.41) is 0. The molecule has 0 saturated heterocycles. The van der Waals surface area contributed by atoms with Crippen LogP contribution in [0.1, 0.15) is 16.8 Å². The van der Waals surface area contributed by atoms with Gasteiger partial charge < -0.3 is 9.64 Å². The molecule has 3 heteroatoms. The fraction of sp³-hybridized carbons (Fsp3) is 0.364. The van der Waals surface area contributed by atoms with Gasteiger partial charge in [0.15, 0.2) is 5.78 Å². The number of Topliss-reactive ketones (excluding diaryl/α,β-unsaturated/α-hetero) is 1. The molecule has 1 aliphatic heterocycles.